The SMILES string of the molecule is Cc1nc(S[C@H](C)C(=O)Nc2ccc3c(c2)CCC3)nc(C)c1C. The fourth-order valence-electron chi connectivity index (χ4n) is 2.90. The van der Waals surface area contributed by atoms with Gasteiger partial charge in [-0.2, -0.15) is 0 Å². The molecule has 24 heavy (non-hydrogen) atoms. The molecule has 1 atom stereocenters. The van der Waals surface area contributed by atoms with E-state index in [0.717, 1.165) is 35.5 Å². The van der Waals surface area contributed by atoms with Gasteiger partial charge in [0.25, 0.3) is 0 Å². The summed E-state index contributed by atoms with van der Waals surface area (Å²) in [5.41, 5.74) is 6.70. The van der Waals surface area contributed by atoms with E-state index in [4.69, 9.17) is 0 Å². The molecule has 0 saturated heterocycles. The molecule has 0 fully saturated rings. The van der Waals surface area contributed by atoms with E-state index in [1.165, 1.54) is 29.3 Å². The van der Waals surface area contributed by atoms with E-state index in [9.17, 15) is 4.79 Å². The Morgan fingerprint density at radius 2 is 1.79 bits per heavy atom. The van der Waals surface area contributed by atoms with Crippen LogP contribution in [0.4, 0.5) is 5.69 Å². The molecule has 1 N–H and O–H groups in total. The first-order chi connectivity index (χ1) is 11.4. The zero-order chi connectivity index (χ0) is 17.3. The van der Waals surface area contributed by atoms with Crippen LogP contribution >= 0.6 is 11.8 Å². The predicted octanol–water partition coefficient (Wildman–Crippen LogP) is 4.01. The third-order valence-corrected chi connectivity index (χ3v) is 5.59. The first kappa shape index (κ1) is 17.0. The number of aryl methyl sites for hydroxylation is 4. The number of nitrogens with zero attached hydrogens (tertiary/aromatic N) is 2. The third kappa shape index (κ3) is 3.61. The van der Waals surface area contributed by atoms with Crippen LogP contribution in [-0.2, 0) is 17.6 Å². The average Bonchev–Trinajstić information content (AvgIpc) is 3.00. The summed E-state index contributed by atoms with van der Waals surface area (Å²) in [7, 11) is 0. The van der Waals surface area contributed by atoms with Gasteiger partial charge in [0.15, 0.2) is 5.16 Å². The van der Waals surface area contributed by atoms with Crippen molar-refractivity contribution in [3.63, 3.8) is 0 Å². The van der Waals surface area contributed by atoms with Crippen molar-refractivity contribution in [2.24, 2.45) is 0 Å². The Labute approximate surface area is 147 Å². The molecule has 5 heteroatoms. The summed E-state index contributed by atoms with van der Waals surface area (Å²) in [6.45, 7) is 7.86. The maximum Gasteiger partial charge on any atom is 0.237 e. The Hall–Kier alpha value is -1.88. The van der Waals surface area contributed by atoms with Gasteiger partial charge in [-0.3, -0.25) is 4.79 Å². The fourth-order valence-corrected chi connectivity index (χ4v) is 3.76. The first-order valence-corrected chi connectivity index (χ1v) is 9.23. The smallest absolute Gasteiger partial charge is 0.237 e. The van der Waals surface area contributed by atoms with Gasteiger partial charge in [0, 0.05) is 17.1 Å². The molecule has 0 bridgehead atoms. The number of carbonyl (C=O) groups is 1. The van der Waals surface area contributed by atoms with Crippen LogP contribution in [0.2, 0.25) is 0 Å². The van der Waals surface area contributed by atoms with Gasteiger partial charge in [-0.05, 0) is 75.8 Å². The van der Waals surface area contributed by atoms with Crippen LogP contribution in [0.25, 0.3) is 0 Å². The molecule has 1 aromatic carbocycles. The van der Waals surface area contributed by atoms with E-state index in [0.29, 0.717) is 5.16 Å². The summed E-state index contributed by atoms with van der Waals surface area (Å²) < 4.78 is 0. The van der Waals surface area contributed by atoms with Crippen LogP contribution in [0.5, 0.6) is 0 Å². The molecular formula is C19H23N3OS. The van der Waals surface area contributed by atoms with Crippen molar-refractivity contribution in [1.29, 1.82) is 0 Å². The number of anilines is 1. The highest BCUT2D eigenvalue weighted by Gasteiger charge is 2.18. The van der Waals surface area contributed by atoms with Crippen molar-refractivity contribution in [1.82, 2.24) is 9.97 Å². The normalized spacial score (nSPS) is 14.3. The molecule has 1 aliphatic rings. The highest BCUT2D eigenvalue weighted by Crippen LogP contribution is 2.26. The van der Waals surface area contributed by atoms with Crippen molar-refractivity contribution >= 4 is 23.4 Å². The Bertz CT molecular complexity index is 765. The summed E-state index contributed by atoms with van der Waals surface area (Å²) in [5, 5.41) is 3.43. The molecule has 2 aromatic rings. The third-order valence-electron chi connectivity index (χ3n) is 4.63. The van der Waals surface area contributed by atoms with Crippen molar-refractivity contribution < 1.29 is 4.79 Å². The van der Waals surface area contributed by atoms with Crippen molar-refractivity contribution in [3.05, 3.63) is 46.3 Å². The number of fused-ring (bicyclic) bond motifs is 1. The van der Waals surface area contributed by atoms with Gasteiger partial charge >= 0.3 is 0 Å². The Balaban J connectivity index is 1.67. The molecule has 0 spiro atoms. The maximum absolute atomic E-state index is 12.5. The molecule has 1 amide bonds. The first-order valence-electron chi connectivity index (χ1n) is 8.35. The molecule has 4 nitrogen and oxygen atoms in total. The molecule has 0 radical (unpaired) electrons. The lowest BCUT2D eigenvalue weighted by molar-refractivity contribution is -0.115. The van der Waals surface area contributed by atoms with Crippen LogP contribution in [0.3, 0.4) is 0 Å². The molecule has 1 heterocycles. The Morgan fingerprint density at radius 3 is 2.50 bits per heavy atom. The van der Waals surface area contributed by atoms with E-state index in [-0.39, 0.29) is 11.2 Å². The number of hydrogen-bond acceptors (Lipinski definition) is 4. The van der Waals surface area contributed by atoms with Crippen LogP contribution in [0.15, 0.2) is 23.4 Å². The number of thioether (sulfide) groups is 1. The van der Waals surface area contributed by atoms with Gasteiger partial charge in [-0.1, -0.05) is 17.8 Å². The number of rotatable bonds is 4. The van der Waals surface area contributed by atoms with E-state index in [1.807, 2.05) is 33.8 Å². The number of hydrogen-bond donors (Lipinski definition) is 1. The predicted molar refractivity (Wildman–Crippen MR) is 98.7 cm³/mol. The standard InChI is InChI=1S/C19H23N3OS/c1-11-12(2)20-19(21-13(11)3)24-14(4)18(23)22-17-9-8-15-6-5-7-16(15)10-17/h8-10,14H,5-7H2,1-4H3,(H,22,23)/t14-/m1/s1. The second kappa shape index (κ2) is 6.93. The summed E-state index contributed by atoms with van der Waals surface area (Å²) in [6.07, 6.45) is 3.47. The van der Waals surface area contributed by atoms with Gasteiger partial charge in [-0.15, -0.1) is 0 Å². The minimum atomic E-state index is -0.250. The second-order valence-corrected chi connectivity index (χ2v) is 7.70. The molecule has 1 aliphatic carbocycles. The molecule has 3 rings (SSSR count). The van der Waals surface area contributed by atoms with Crippen LogP contribution in [0, 0.1) is 20.8 Å². The Morgan fingerprint density at radius 1 is 1.12 bits per heavy atom. The largest absolute Gasteiger partial charge is 0.325 e. The fraction of sp³-hybridized carbons (Fsp3) is 0.421. The van der Waals surface area contributed by atoms with Crippen molar-refractivity contribution in [3.8, 4) is 0 Å². The highest BCUT2D eigenvalue weighted by molar-refractivity contribution is 8.00. The van der Waals surface area contributed by atoms with Crippen molar-refractivity contribution in [2.45, 2.75) is 57.4 Å². The van der Waals surface area contributed by atoms with Gasteiger partial charge in [0.05, 0.1) is 5.25 Å². The molecule has 126 valence electrons. The molecule has 0 saturated carbocycles. The van der Waals surface area contributed by atoms with E-state index in [2.05, 4.69) is 27.4 Å². The average molecular weight is 341 g/mol. The topological polar surface area (TPSA) is 54.9 Å². The van der Waals surface area contributed by atoms with E-state index >= 15 is 0 Å². The van der Waals surface area contributed by atoms with Gasteiger partial charge < -0.3 is 5.32 Å². The van der Waals surface area contributed by atoms with Crippen LogP contribution in [0.1, 0.15) is 41.4 Å². The monoisotopic (exact) mass is 341 g/mol. The second-order valence-electron chi connectivity index (χ2n) is 6.39. The number of carbonyl (C=O) groups excluding carboxylic acids is 1. The zero-order valence-corrected chi connectivity index (χ0v) is 15.5. The zero-order valence-electron chi connectivity index (χ0n) is 14.6. The molecule has 0 aliphatic heterocycles. The van der Waals surface area contributed by atoms with Crippen molar-refractivity contribution in [2.75, 3.05) is 5.32 Å². The number of aromatic nitrogens is 2. The number of nitrogens with one attached hydrogen (secondary N) is 1. The lowest BCUT2D eigenvalue weighted by Gasteiger charge is -2.13. The number of amides is 1. The van der Waals surface area contributed by atoms with Gasteiger partial charge in [0.2, 0.25) is 5.91 Å². The lowest BCUT2D eigenvalue weighted by atomic mass is 10.1. The summed E-state index contributed by atoms with van der Waals surface area (Å²) in [6, 6.07) is 6.23. The van der Waals surface area contributed by atoms with Crippen LogP contribution < -0.4 is 5.32 Å². The molecule has 0 unspecified atom stereocenters. The van der Waals surface area contributed by atoms with Gasteiger partial charge in [-0.25, -0.2) is 9.97 Å². The van der Waals surface area contributed by atoms with Gasteiger partial charge in [0.1, 0.15) is 0 Å². The summed E-state index contributed by atoms with van der Waals surface area (Å²) in [5.74, 6) is -0.0163. The minimum absolute atomic E-state index is 0.0163. The van der Waals surface area contributed by atoms with Crippen LogP contribution in [-0.4, -0.2) is 21.1 Å². The highest BCUT2D eigenvalue weighted by atomic mass is 32.2. The maximum atomic E-state index is 12.5. The van der Waals surface area contributed by atoms with E-state index in [1.54, 1.807) is 0 Å². The van der Waals surface area contributed by atoms with E-state index < -0.39 is 0 Å². The quantitative estimate of drug-likeness (QED) is 0.674. The lowest BCUT2D eigenvalue weighted by Crippen LogP contribution is -2.23. The minimum Gasteiger partial charge on any atom is -0.325 e. The summed E-state index contributed by atoms with van der Waals surface area (Å²) in [4.78, 5) is 21.4. The molecular weight excluding hydrogens is 318 g/mol. The summed E-state index contributed by atoms with van der Waals surface area (Å²) >= 11 is 1.40. The number of benzene rings is 1. The molecule has 1 aromatic heterocycles. The Kier molecular flexibility index (Phi) is 4.90.